The fraction of sp³-hybridized carbons (Fsp3) is 0.368. The fourth-order valence-corrected chi connectivity index (χ4v) is 5.99. The number of benzene rings is 2. The van der Waals surface area contributed by atoms with Gasteiger partial charge in [-0.2, -0.15) is 18.2 Å². The van der Waals surface area contributed by atoms with E-state index in [1.54, 1.807) is 40.1 Å². The molecule has 0 radical (unpaired) electrons. The van der Waals surface area contributed by atoms with Crippen molar-refractivity contribution in [1.82, 2.24) is 24.3 Å². The second-order valence-corrected chi connectivity index (χ2v) is 13.2. The van der Waals surface area contributed by atoms with Gasteiger partial charge >= 0.3 is 18.1 Å². The molecule has 0 fully saturated rings. The normalized spacial score (nSPS) is 12.4. The highest BCUT2D eigenvalue weighted by atomic mass is 32.2. The largest absolute Gasteiger partial charge is 0.479 e. The van der Waals surface area contributed by atoms with Crippen molar-refractivity contribution >= 4 is 29.6 Å². The molecule has 0 saturated carbocycles. The Labute approximate surface area is 324 Å². The summed E-state index contributed by atoms with van der Waals surface area (Å²) in [5.41, 5.74) is 2.12. The standard InChI is InChI=1S/C34H37F4N5O2S.C4H6O6/c1-4-26-21-43(33(40-32(26)45)46-23-24-7-14-29(35)15-8-24)22-31(44)42(18-17-41(5-2)6-3)20-25-9-16-30(39-19-25)27-10-12-28(13-11-27)34(36,37)38;5-1(3(7)8)2(6)4(9)10/h7-16,19,21H,4-6,17-18,20,22-23H2,1-3H3;1-2,5-6H,(H,7,8)(H,9,10). The van der Waals surface area contributed by atoms with Crippen molar-refractivity contribution in [3.63, 3.8) is 0 Å². The molecule has 0 aliphatic rings. The lowest BCUT2D eigenvalue weighted by Crippen LogP contribution is -2.40. The number of aliphatic hydroxyl groups is 2. The van der Waals surface area contributed by atoms with Crippen LogP contribution in [-0.2, 0) is 45.8 Å². The van der Waals surface area contributed by atoms with E-state index in [2.05, 4.69) is 28.7 Å². The second kappa shape index (κ2) is 21.2. The van der Waals surface area contributed by atoms with E-state index in [4.69, 9.17) is 20.4 Å². The zero-order chi connectivity index (χ0) is 41.6. The minimum atomic E-state index is -4.41. The highest BCUT2D eigenvalue weighted by molar-refractivity contribution is 7.98. The Morgan fingerprint density at radius 2 is 1.45 bits per heavy atom. The van der Waals surface area contributed by atoms with Gasteiger partial charge in [-0.05, 0) is 61.0 Å². The van der Waals surface area contributed by atoms with Gasteiger partial charge in [-0.3, -0.25) is 14.6 Å². The number of pyridine rings is 1. The summed E-state index contributed by atoms with van der Waals surface area (Å²) in [6.45, 7) is 8.97. The van der Waals surface area contributed by atoms with E-state index < -0.39 is 35.9 Å². The highest BCUT2D eigenvalue weighted by Crippen LogP contribution is 2.30. The molecule has 0 aliphatic carbocycles. The summed E-state index contributed by atoms with van der Waals surface area (Å²) in [6, 6.07) is 14.5. The molecule has 2 unspecified atom stereocenters. The number of aliphatic carboxylic acids is 2. The maximum absolute atomic E-state index is 13.9. The van der Waals surface area contributed by atoms with Crippen molar-refractivity contribution in [2.45, 2.75) is 69.6 Å². The molecule has 1 amide bonds. The lowest BCUT2D eigenvalue weighted by atomic mass is 10.1. The number of nitrogens with zero attached hydrogens (tertiary/aromatic N) is 5. The molecule has 0 saturated heterocycles. The zero-order valence-electron chi connectivity index (χ0n) is 30.8. The van der Waals surface area contributed by atoms with Crippen LogP contribution < -0.4 is 5.56 Å². The third-order valence-electron chi connectivity index (χ3n) is 8.44. The van der Waals surface area contributed by atoms with Gasteiger partial charge in [-0.1, -0.05) is 62.9 Å². The summed E-state index contributed by atoms with van der Waals surface area (Å²) in [6.07, 6.45) is -5.17. The number of hydrogen-bond acceptors (Lipinski definition) is 10. The lowest BCUT2D eigenvalue weighted by molar-refractivity contribution is -0.165. The molecule has 0 bridgehead atoms. The highest BCUT2D eigenvalue weighted by Gasteiger charge is 2.30. The van der Waals surface area contributed by atoms with Crippen molar-refractivity contribution in [1.29, 1.82) is 0 Å². The average Bonchev–Trinajstić information content (AvgIpc) is 3.17. The van der Waals surface area contributed by atoms with Crippen LogP contribution in [0.2, 0.25) is 0 Å². The van der Waals surface area contributed by atoms with Gasteiger partial charge in [0.2, 0.25) is 5.91 Å². The number of rotatable bonds is 17. The van der Waals surface area contributed by atoms with Crippen LogP contribution in [0.4, 0.5) is 17.6 Å². The summed E-state index contributed by atoms with van der Waals surface area (Å²) in [7, 11) is 0. The van der Waals surface area contributed by atoms with Crippen LogP contribution in [0.5, 0.6) is 0 Å². The van der Waals surface area contributed by atoms with Crippen molar-refractivity contribution in [2.75, 3.05) is 26.2 Å². The maximum Gasteiger partial charge on any atom is 0.416 e. The number of aromatic nitrogens is 3. The number of aliphatic hydroxyl groups excluding tert-OH is 2. The Hall–Kier alpha value is -5.17. The van der Waals surface area contributed by atoms with Crippen LogP contribution in [0.3, 0.4) is 0 Å². The van der Waals surface area contributed by atoms with E-state index >= 15 is 0 Å². The third kappa shape index (κ3) is 13.5. The van der Waals surface area contributed by atoms with Gasteiger partial charge in [0.25, 0.3) is 5.56 Å². The van der Waals surface area contributed by atoms with Gasteiger partial charge in [0.05, 0.1) is 11.3 Å². The molecule has 56 heavy (non-hydrogen) atoms. The fourth-order valence-electron chi connectivity index (χ4n) is 5.07. The van der Waals surface area contributed by atoms with Gasteiger partial charge in [-0.15, -0.1) is 0 Å². The Morgan fingerprint density at radius 1 is 0.857 bits per heavy atom. The molecule has 2 aromatic heterocycles. The number of halogens is 4. The number of alkyl halides is 3. The molecule has 18 heteroatoms. The SMILES string of the molecule is CCc1cn(CC(=O)N(CCN(CC)CC)Cc2ccc(-c3ccc(C(F)(F)F)cc3)nc2)c(SCc2ccc(F)cc2)nc1=O.O=C(O)C(O)C(O)C(=O)O. The molecule has 2 aromatic carbocycles. The Kier molecular flexibility index (Phi) is 17.1. The smallest absolute Gasteiger partial charge is 0.416 e. The molecular formula is C38H43F4N5O8S. The zero-order valence-corrected chi connectivity index (χ0v) is 31.6. The van der Waals surface area contributed by atoms with Crippen LogP contribution >= 0.6 is 11.8 Å². The lowest BCUT2D eigenvalue weighted by Gasteiger charge is -2.27. The molecule has 4 N–H and O–H groups in total. The molecule has 0 aliphatic heterocycles. The first-order valence-electron chi connectivity index (χ1n) is 17.4. The minimum Gasteiger partial charge on any atom is -0.479 e. The summed E-state index contributed by atoms with van der Waals surface area (Å²) >= 11 is 1.30. The first kappa shape index (κ1) is 45.2. The predicted octanol–water partition coefficient (Wildman–Crippen LogP) is 4.57. The van der Waals surface area contributed by atoms with Gasteiger partial charge in [0.15, 0.2) is 17.4 Å². The Morgan fingerprint density at radius 3 is 1.95 bits per heavy atom. The Bertz CT molecular complexity index is 1940. The van der Waals surface area contributed by atoms with Gasteiger partial charge in [-0.25, -0.2) is 14.0 Å². The van der Waals surface area contributed by atoms with Crippen molar-refractivity contribution in [3.05, 3.63) is 111 Å². The topological polar surface area (TPSA) is 186 Å². The number of carbonyl (C=O) groups excluding carboxylic acids is 1. The summed E-state index contributed by atoms with van der Waals surface area (Å²) < 4.78 is 54.0. The van der Waals surface area contributed by atoms with Crippen molar-refractivity contribution in [2.24, 2.45) is 0 Å². The monoisotopic (exact) mass is 805 g/mol. The first-order chi connectivity index (χ1) is 26.5. The number of carboxylic acids is 2. The van der Waals surface area contributed by atoms with E-state index in [9.17, 15) is 36.7 Å². The van der Waals surface area contributed by atoms with Crippen LogP contribution in [0.1, 0.15) is 43.0 Å². The molecule has 13 nitrogen and oxygen atoms in total. The Balaban J connectivity index is 0.000000739. The van der Waals surface area contributed by atoms with E-state index in [0.717, 1.165) is 36.3 Å². The number of thioether (sulfide) groups is 1. The molecule has 0 spiro atoms. The van der Waals surface area contributed by atoms with Gasteiger partial charge < -0.3 is 34.8 Å². The minimum absolute atomic E-state index is 0.0403. The molecule has 302 valence electrons. The van der Waals surface area contributed by atoms with Crippen LogP contribution in [0.25, 0.3) is 11.3 Å². The second-order valence-electron chi connectivity index (χ2n) is 12.3. The molecule has 2 atom stereocenters. The summed E-state index contributed by atoms with van der Waals surface area (Å²) in [5.74, 6) is -3.61. The van der Waals surface area contributed by atoms with E-state index in [0.29, 0.717) is 47.2 Å². The quantitative estimate of drug-likeness (QED) is 0.0663. The maximum atomic E-state index is 13.9. The van der Waals surface area contributed by atoms with E-state index in [-0.39, 0.29) is 30.4 Å². The predicted molar refractivity (Wildman–Crippen MR) is 199 cm³/mol. The number of carbonyl (C=O) groups is 3. The summed E-state index contributed by atoms with van der Waals surface area (Å²) in [4.78, 5) is 58.7. The van der Waals surface area contributed by atoms with Crippen molar-refractivity contribution in [3.8, 4) is 11.3 Å². The number of aryl methyl sites for hydroxylation is 1. The van der Waals surface area contributed by atoms with E-state index in [1.165, 1.54) is 36.0 Å². The van der Waals surface area contributed by atoms with Crippen LogP contribution in [0, 0.1) is 5.82 Å². The molecule has 4 aromatic rings. The van der Waals surface area contributed by atoms with Crippen molar-refractivity contribution < 1.29 is 52.4 Å². The van der Waals surface area contributed by atoms with Crippen LogP contribution in [0.15, 0.2) is 83.0 Å². The number of likely N-dealkylation sites (N-methyl/N-ethyl adjacent to an activating group) is 1. The van der Waals surface area contributed by atoms with Gasteiger partial charge in [0, 0.05) is 48.9 Å². The number of hydrogen-bond donors (Lipinski definition) is 4. The third-order valence-corrected chi connectivity index (χ3v) is 9.50. The molecule has 2 heterocycles. The number of amides is 1. The van der Waals surface area contributed by atoms with E-state index in [1.807, 2.05) is 13.0 Å². The van der Waals surface area contributed by atoms with Crippen LogP contribution in [-0.4, -0.2) is 101 Å². The first-order valence-corrected chi connectivity index (χ1v) is 18.4. The molecular weight excluding hydrogens is 763 g/mol. The average molecular weight is 806 g/mol. The molecule has 4 rings (SSSR count). The van der Waals surface area contributed by atoms with Gasteiger partial charge in [0.1, 0.15) is 12.4 Å². The summed E-state index contributed by atoms with van der Waals surface area (Å²) in [5, 5.41) is 32.9. The number of carboxylic acid groups (broad SMARTS) is 2.